The van der Waals surface area contributed by atoms with Gasteiger partial charge in [0.2, 0.25) is 5.88 Å². The highest BCUT2D eigenvalue weighted by Gasteiger charge is 2.21. The Balaban J connectivity index is 1.44. The highest BCUT2D eigenvalue weighted by Crippen LogP contribution is 2.27. The molecule has 1 aromatic carbocycles. The van der Waals surface area contributed by atoms with Gasteiger partial charge < -0.3 is 19.5 Å². The lowest BCUT2D eigenvalue weighted by Gasteiger charge is -2.25. The molecular formula is C30H41N5O6S2. The van der Waals surface area contributed by atoms with Gasteiger partial charge in [0, 0.05) is 31.9 Å². The van der Waals surface area contributed by atoms with Gasteiger partial charge in [-0.3, -0.25) is 14.7 Å². The van der Waals surface area contributed by atoms with Gasteiger partial charge in [-0.15, -0.1) is 0 Å². The maximum Gasteiger partial charge on any atom is 0.277 e. The fourth-order valence-corrected chi connectivity index (χ4v) is 6.68. The van der Waals surface area contributed by atoms with Crippen LogP contribution in [0.15, 0.2) is 63.0 Å². The number of pyridine rings is 1. The topological polar surface area (TPSA) is 123 Å². The molecule has 43 heavy (non-hydrogen) atoms. The predicted molar refractivity (Wildman–Crippen MR) is 167 cm³/mol. The van der Waals surface area contributed by atoms with Crippen molar-refractivity contribution < 1.29 is 27.4 Å². The van der Waals surface area contributed by atoms with Crippen LogP contribution in [0.5, 0.6) is 5.88 Å². The predicted octanol–water partition coefficient (Wildman–Crippen LogP) is 3.09. The summed E-state index contributed by atoms with van der Waals surface area (Å²) in [5, 5.41) is 10.3. The van der Waals surface area contributed by atoms with E-state index in [0.717, 1.165) is 25.2 Å². The number of thioether (sulfide) groups is 1. The Bertz CT molecular complexity index is 1370. The molecule has 0 spiro atoms. The van der Waals surface area contributed by atoms with Crippen molar-refractivity contribution >= 4 is 33.2 Å². The summed E-state index contributed by atoms with van der Waals surface area (Å²) >= 11 is 1.24. The first-order valence-corrected chi connectivity index (χ1v) is 17.0. The third kappa shape index (κ3) is 10.0. The quantitative estimate of drug-likeness (QED) is 0.178. The van der Waals surface area contributed by atoms with E-state index in [-0.39, 0.29) is 16.4 Å². The van der Waals surface area contributed by atoms with Gasteiger partial charge >= 0.3 is 0 Å². The monoisotopic (exact) mass is 631 g/mol. The number of aryl methyl sites for hydroxylation is 1. The second kappa shape index (κ2) is 16.2. The van der Waals surface area contributed by atoms with Gasteiger partial charge in [0.15, 0.2) is 15.5 Å². The number of hydrogen-bond donors (Lipinski definition) is 1. The van der Waals surface area contributed by atoms with Crippen molar-refractivity contribution in [3.63, 3.8) is 0 Å². The second-order valence-corrected chi connectivity index (χ2v) is 13.5. The van der Waals surface area contributed by atoms with E-state index >= 15 is 0 Å². The molecule has 1 aromatic heterocycles. The molecule has 1 N–H and O–H groups in total. The first kappa shape index (κ1) is 32.9. The molecule has 3 heterocycles. The molecule has 0 saturated carbocycles. The fourth-order valence-electron chi connectivity index (χ4n) is 4.65. The van der Waals surface area contributed by atoms with E-state index in [4.69, 9.17) is 14.2 Å². The first-order chi connectivity index (χ1) is 20.7. The Morgan fingerprint density at radius 1 is 1.09 bits per heavy atom. The molecule has 11 nitrogen and oxygen atoms in total. The molecule has 1 amide bonds. The number of aromatic nitrogens is 1. The summed E-state index contributed by atoms with van der Waals surface area (Å²) in [5.74, 6) is 0.0403. The third-order valence-electron chi connectivity index (χ3n) is 7.05. The van der Waals surface area contributed by atoms with Gasteiger partial charge in [0.05, 0.1) is 42.0 Å². The number of sulfone groups is 1. The summed E-state index contributed by atoms with van der Waals surface area (Å²) in [6.45, 7) is 12.1. The van der Waals surface area contributed by atoms with Crippen LogP contribution < -0.4 is 10.1 Å². The fraction of sp³-hybridized carbons (Fsp3) is 0.500. The molecule has 0 aliphatic carbocycles. The Kier molecular flexibility index (Phi) is 12.4. The zero-order valence-electron chi connectivity index (χ0n) is 24.9. The van der Waals surface area contributed by atoms with Gasteiger partial charge in [0.25, 0.3) is 5.91 Å². The van der Waals surface area contributed by atoms with E-state index in [0.29, 0.717) is 67.4 Å². The van der Waals surface area contributed by atoms with Crippen LogP contribution in [-0.4, -0.2) is 107 Å². The lowest BCUT2D eigenvalue weighted by Crippen LogP contribution is -2.37. The molecule has 0 atom stereocenters. The lowest BCUT2D eigenvalue weighted by atomic mass is 10.1. The standard InChI is InChI=1S/C30H41N5O6S2/c1-23-7-12-27(41-21-15-34-13-4-5-14-34)32-30(23)42-24(2)31-29(36)28(33-35-16-19-40-20-17-35)25-8-10-26(11-9-25)43(37,38)22-6-18-39-3/h7-12H,2,4-6,13-22H2,1,3H3,(H,31,36)/b33-28+. The van der Waals surface area contributed by atoms with E-state index in [1.54, 1.807) is 17.1 Å². The van der Waals surface area contributed by atoms with Crippen LogP contribution in [0, 0.1) is 6.92 Å². The van der Waals surface area contributed by atoms with Gasteiger partial charge in [0.1, 0.15) is 11.6 Å². The minimum Gasteiger partial charge on any atom is -0.476 e. The molecule has 0 radical (unpaired) electrons. The lowest BCUT2D eigenvalue weighted by molar-refractivity contribution is -0.114. The molecule has 2 fully saturated rings. The molecule has 0 bridgehead atoms. The third-order valence-corrected chi connectivity index (χ3v) is 9.82. The zero-order chi connectivity index (χ0) is 30.7. The SMILES string of the molecule is C=C(NC(=O)/C(=N/N1CCOCC1)c1ccc(S(=O)(=O)CCCOC)cc1)Sc1nc(OCCN2CCCC2)ccc1C. The number of hydrazone groups is 1. The molecule has 2 aliphatic heterocycles. The van der Waals surface area contributed by atoms with Crippen LogP contribution in [-0.2, 0) is 24.1 Å². The zero-order valence-corrected chi connectivity index (χ0v) is 26.6. The van der Waals surface area contributed by atoms with E-state index < -0.39 is 15.7 Å². The molecule has 234 valence electrons. The number of morpholine rings is 1. The number of hydrogen-bond acceptors (Lipinski definition) is 11. The minimum atomic E-state index is -3.48. The summed E-state index contributed by atoms with van der Waals surface area (Å²) in [7, 11) is -1.94. The molecule has 4 rings (SSSR count). The van der Waals surface area contributed by atoms with Crippen LogP contribution in [0.25, 0.3) is 0 Å². The van der Waals surface area contributed by atoms with E-state index in [2.05, 4.69) is 26.9 Å². The summed E-state index contributed by atoms with van der Waals surface area (Å²) in [4.78, 5) is 20.7. The molecule has 13 heteroatoms. The smallest absolute Gasteiger partial charge is 0.277 e. The Morgan fingerprint density at radius 3 is 2.51 bits per heavy atom. The van der Waals surface area contributed by atoms with E-state index in [1.807, 2.05) is 19.1 Å². The van der Waals surface area contributed by atoms with Crippen molar-refractivity contribution in [3.8, 4) is 5.88 Å². The molecular weight excluding hydrogens is 590 g/mol. The number of carbonyl (C=O) groups is 1. The largest absolute Gasteiger partial charge is 0.476 e. The maximum atomic E-state index is 13.5. The van der Waals surface area contributed by atoms with E-state index in [1.165, 1.54) is 43.8 Å². The Hall–Kier alpha value is -2.97. The Morgan fingerprint density at radius 2 is 1.81 bits per heavy atom. The van der Waals surface area contributed by atoms with Crippen molar-refractivity contribution in [1.82, 2.24) is 20.2 Å². The van der Waals surface area contributed by atoms with Crippen molar-refractivity contribution in [2.75, 3.05) is 72.0 Å². The number of likely N-dealkylation sites (tertiary alicyclic amines) is 1. The van der Waals surface area contributed by atoms with Crippen molar-refractivity contribution in [2.45, 2.75) is 36.1 Å². The number of nitrogens with one attached hydrogen (secondary N) is 1. The number of methoxy groups -OCH3 is 1. The van der Waals surface area contributed by atoms with E-state index in [9.17, 15) is 13.2 Å². The minimum absolute atomic E-state index is 0.0232. The summed E-state index contributed by atoms with van der Waals surface area (Å²) in [6, 6.07) is 10.0. The number of ether oxygens (including phenoxy) is 3. The highest BCUT2D eigenvalue weighted by molar-refractivity contribution is 8.03. The van der Waals surface area contributed by atoms with Gasteiger partial charge in [-0.1, -0.05) is 36.5 Å². The van der Waals surface area contributed by atoms with Gasteiger partial charge in [-0.05, 0) is 57.0 Å². The average molecular weight is 632 g/mol. The van der Waals surface area contributed by atoms with Crippen LogP contribution in [0.4, 0.5) is 0 Å². The number of rotatable bonds is 15. The average Bonchev–Trinajstić information content (AvgIpc) is 3.52. The van der Waals surface area contributed by atoms with Crippen molar-refractivity contribution in [3.05, 3.63) is 59.1 Å². The molecule has 2 aromatic rings. The van der Waals surface area contributed by atoms with Crippen molar-refractivity contribution in [1.29, 1.82) is 0 Å². The van der Waals surface area contributed by atoms with Crippen LogP contribution in [0.3, 0.4) is 0 Å². The van der Waals surface area contributed by atoms with Crippen LogP contribution in [0.1, 0.15) is 30.4 Å². The second-order valence-electron chi connectivity index (χ2n) is 10.4. The number of carbonyl (C=O) groups excluding carboxylic acids is 1. The van der Waals surface area contributed by atoms with Crippen LogP contribution >= 0.6 is 11.8 Å². The summed E-state index contributed by atoms with van der Waals surface area (Å²) in [6.07, 6.45) is 2.87. The normalized spacial score (nSPS) is 16.3. The molecule has 2 aliphatic rings. The van der Waals surface area contributed by atoms with Gasteiger partial charge in [-0.2, -0.15) is 5.10 Å². The molecule has 0 unspecified atom stereocenters. The number of nitrogens with zero attached hydrogens (tertiary/aromatic N) is 4. The highest BCUT2D eigenvalue weighted by atomic mass is 32.2. The summed E-state index contributed by atoms with van der Waals surface area (Å²) < 4.78 is 41.7. The summed E-state index contributed by atoms with van der Waals surface area (Å²) in [5.41, 5.74) is 1.56. The Labute approximate surface area is 258 Å². The molecule has 2 saturated heterocycles. The van der Waals surface area contributed by atoms with Crippen LogP contribution in [0.2, 0.25) is 0 Å². The van der Waals surface area contributed by atoms with Crippen molar-refractivity contribution in [2.24, 2.45) is 5.10 Å². The number of amides is 1. The maximum absolute atomic E-state index is 13.5. The number of benzene rings is 1. The first-order valence-electron chi connectivity index (χ1n) is 14.5. The van der Waals surface area contributed by atoms with Gasteiger partial charge in [-0.25, -0.2) is 13.4 Å².